The van der Waals surface area contributed by atoms with Crippen LogP contribution in [-0.4, -0.2) is 18.1 Å². The van der Waals surface area contributed by atoms with E-state index in [0.29, 0.717) is 5.02 Å². The second-order valence-corrected chi connectivity index (χ2v) is 4.66. The van der Waals surface area contributed by atoms with Gasteiger partial charge in [-0.25, -0.2) is 4.98 Å². The van der Waals surface area contributed by atoms with Crippen LogP contribution in [-0.2, 0) is 0 Å². The minimum Gasteiger partial charge on any atom is -0.356 e. The van der Waals surface area contributed by atoms with Crippen molar-refractivity contribution < 1.29 is 0 Å². The van der Waals surface area contributed by atoms with Gasteiger partial charge in [-0.15, -0.1) is 0 Å². The van der Waals surface area contributed by atoms with Gasteiger partial charge in [-0.2, -0.15) is 0 Å². The van der Waals surface area contributed by atoms with E-state index in [4.69, 9.17) is 11.6 Å². The summed E-state index contributed by atoms with van der Waals surface area (Å²) >= 11 is 5.83. The first kappa shape index (κ1) is 10.7. The zero-order valence-electron chi connectivity index (χ0n) is 9.12. The van der Waals surface area contributed by atoms with Crippen LogP contribution in [0.3, 0.4) is 0 Å². The number of anilines is 1. The molecule has 1 aromatic rings. The molecule has 2 rings (SSSR count). The number of hydrogen-bond acceptors (Lipinski definition) is 2. The maximum atomic E-state index is 5.83. The smallest absolute Gasteiger partial charge is 0.128 e. The molecule has 2 nitrogen and oxygen atoms in total. The average Bonchev–Trinajstić information content (AvgIpc) is 3.02. The predicted octanol–water partition coefficient (Wildman–Crippen LogP) is 3.36. The summed E-state index contributed by atoms with van der Waals surface area (Å²) in [6, 6.07) is 3.93. The molecule has 0 saturated heterocycles. The molecule has 1 aliphatic rings. The van der Waals surface area contributed by atoms with E-state index in [1.807, 2.05) is 12.1 Å². The Morgan fingerprint density at radius 1 is 1.47 bits per heavy atom. The number of aromatic nitrogens is 1. The lowest BCUT2D eigenvalue weighted by molar-refractivity contribution is 0.699. The number of rotatable bonds is 5. The summed E-state index contributed by atoms with van der Waals surface area (Å²) in [5.74, 6) is 1.96. The highest BCUT2D eigenvalue weighted by molar-refractivity contribution is 6.30. The molecule has 3 heteroatoms. The topological polar surface area (TPSA) is 16.1 Å². The van der Waals surface area contributed by atoms with Crippen molar-refractivity contribution >= 4 is 17.4 Å². The third-order valence-corrected chi connectivity index (χ3v) is 2.93. The Balaban J connectivity index is 2.04. The fraction of sp³-hybridized carbons (Fsp3) is 0.583. The molecule has 1 aliphatic carbocycles. The van der Waals surface area contributed by atoms with Crippen LogP contribution >= 0.6 is 11.6 Å². The van der Waals surface area contributed by atoms with E-state index in [2.05, 4.69) is 16.8 Å². The minimum absolute atomic E-state index is 0.710. The molecule has 1 saturated carbocycles. The standard InChI is InChI=1S/C12H17ClN2/c1-2-7-15(9-10-3-4-10)12-6-5-11(13)8-14-12/h5-6,8,10H,2-4,7,9H2,1H3. The Bertz CT molecular complexity index is 306. The normalized spacial score (nSPS) is 15.3. The molecule has 0 atom stereocenters. The van der Waals surface area contributed by atoms with Gasteiger partial charge in [0, 0.05) is 19.3 Å². The highest BCUT2D eigenvalue weighted by atomic mass is 35.5. The van der Waals surface area contributed by atoms with E-state index in [-0.39, 0.29) is 0 Å². The van der Waals surface area contributed by atoms with E-state index in [1.165, 1.54) is 12.8 Å². The van der Waals surface area contributed by atoms with Crippen molar-refractivity contribution in [2.75, 3.05) is 18.0 Å². The highest BCUT2D eigenvalue weighted by Gasteiger charge is 2.24. The van der Waals surface area contributed by atoms with Crippen LogP contribution in [0.25, 0.3) is 0 Å². The molecule has 1 fully saturated rings. The molecular formula is C12H17ClN2. The van der Waals surface area contributed by atoms with Crippen molar-refractivity contribution in [1.82, 2.24) is 4.98 Å². The van der Waals surface area contributed by atoms with Gasteiger partial charge in [0.25, 0.3) is 0 Å². The van der Waals surface area contributed by atoms with E-state index in [0.717, 1.165) is 31.2 Å². The first-order valence-electron chi connectivity index (χ1n) is 5.66. The lowest BCUT2D eigenvalue weighted by atomic mass is 10.3. The van der Waals surface area contributed by atoms with Crippen molar-refractivity contribution in [3.63, 3.8) is 0 Å². The molecular weight excluding hydrogens is 208 g/mol. The van der Waals surface area contributed by atoms with Crippen LogP contribution in [0.4, 0.5) is 5.82 Å². The molecule has 82 valence electrons. The van der Waals surface area contributed by atoms with Crippen molar-refractivity contribution in [3.05, 3.63) is 23.4 Å². The van der Waals surface area contributed by atoms with Crippen molar-refractivity contribution in [2.45, 2.75) is 26.2 Å². The Morgan fingerprint density at radius 2 is 2.27 bits per heavy atom. The minimum atomic E-state index is 0.710. The number of halogens is 1. The Labute approximate surface area is 96.3 Å². The van der Waals surface area contributed by atoms with Crippen molar-refractivity contribution in [1.29, 1.82) is 0 Å². The second-order valence-electron chi connectivity index (χ2n) is 4.22. The van der Waals surface area contributed by atoms with Crippen LogP contribution in [0.15, 0.2) is 18.3 Å². The molecule has 0 bridgehead atoms. The van der Waals surface area contributed by atoms with Gasteiger partial charge in [-0.05, 0) is 37.3 Å². The third-order valence-electron chi connectivity index (χ3n) is 2.70. The summed E-state index contributed by atoms with van der Waals surface area (Å²) in [7, 11) is 0. The quantitative estimate of drug-likeness (QED) is 0.763. The predicted molar refractivity (Wildman–Crippen MR) is 64.5 cm³/mol. The van der Waals surface area contributed by atoms with E-state index < -0.39 is 0 Å². The zero-order valence-corrected chi connectivity index (χ0v) is 9.87. The molecule has 1 heterocycles. The van der Waals surface area contributed by atoms with Gasteiger partial charge in [0.2, 0.25) is 0 Å². The first-order valence-corrected chi connectivity index (χ1v) is 6.04. The van der Waals surface area contributed by atoms with Crippen LogP contribution in [0, 0.1) is 5.92 Å². The van der Waals surface area contributed by atoms with E-state index >= 15 is 0 Å². The monoisotopic (exact) mass is 224 g/mol. The van der Waals surface area contributed by atoms with Crippen molar-refractivity contribution in [3.8, 4) is 0 Å². The van der Waals surface area contributed by atoms with Gasteiger partial charge < -0.3 is 4.90 Å². The Morgan fingerprint density at radius 3 is 2.80 bits per heavy atom. The number of hydrogen-bond donors (Lipinski definition) is 0. The second kappa shape index (κ2) is 4.84. The SMILES string of the molecule is CCCN(CC1CC1)c1ccc(Cl)cn1. The summed E-state index contributed by atoms with van der Waals surface area (Å²) in [6.07, 6.45) is 5.66. The summed E-state index contributed by atoms with van der Waals surface area (Å²) in [5.41, 5.74) is 0. The highest BCUT2D eigenvalue weighted by Crippen LogP contribution is 2.31. The molecule has 15 heavy (non-hydrogen) atoms. The van der Waals surface area contributed by atoms with Crippen LogP contribution in [0.1, 0.15) is 26.2 Å². The van der Waals surface area contributed by atoms with Gasteiger partial charge in [-0.1, -0.05) is 18.5 Å². The molecule has 0 amide bonds. The summed E-state index contributed by atoms with van der Waals surface area (Å²) in [4.78, 5) is 6.74. The number of nitrogens with zero attached hydrogens (tertiary/aromatic N) is 2. The fourth-order valence-electron chi connectivity index (χ4n) is 1.74. The van der Waals surface area contributed by atoms with Crippen LogP contribution in [0.5, 0.6) is 0 Å². The Hall–Kier alpha value is -0.760. The molecule has 0 spiro atoms. The maximum Gasteiger partial charge on any atom is 0.128 e. The fourth-order valence-corrected chi connectivity index (χ4v) is 1.85. The van der Waals surface area contributed by atoms with Gasteiger partial charge in [0.05, 0.1) is 5.02 Å². The van der Waals surface area contributed by atoms with Gasteiger partial charge in [0.15, 0.2) is 0 Å². The van der Waals surface area contributed by atoms with E-state index in [9.17, 15) is 0 Å². The van der Waals surface area contributed by atoms with Crippen LogP contribution < -0.4 is 4.90 Å². The third kappa shape index (κ3) is 3.10. The van der Waals surface area contributed by atoms with Crippen LogP contribution in [0.2, 0.25) is 5.02 Å². The van der Waals surface area contributed by atoms with Gasteiger partial charge >= 0.3 is 0 Å². The van der Waals surface area contributed by atoms with Gasteiger partial charge in [-0.3, -0.25) is 0 Å². The lowest BCUT2D eigenvalue weighted by Gasteiger charge is -2.22. The largest absolute Gasteiger partial charge is 0.356 e. The molecule has 1 aromatic heterocycles. The van der Waals surface area contributed by atoms with Gasteiger partial charge in [0.1, 0.15) is 5.82 Å². The molecule has 0 radical (unpaired) electrons. The molecule has 0 aliphatic heterocycles. The average molecular weight is 225 g/mol. The Kier molecular flexibility index (Phi) is 3.47. The van der Waals surface area contributed by atoms with E-state index in [1.54, 1.807) is 6.20 Å². The molecule has 0 N–H and O–H groups in total. The molecule has 0 unspecified atom stereocenters. The summed E-state index contributed by atoms with van der Waals surface area (Å²) in [6.45, 7) is 4.45. The first-order chi connectivity index (χ1) is 7.29. The summed E-state index contributed by atoms with van der Waals surface area (Å²) < 4.78 is 0. The molecule has 0 aromatic carbocycles. The lowest BCUT2D eigenvalue weighted by Crippen LogP contribution is -2.27. The zero-order chi connectivity index (χ0) is 10.7. The maximum absolute atomic E-state index is 5.83. The summed E-state index contributed by atoms with van der Waals surface area (Å²) in [5, 5.41) is 0.710. The van der Waals surface area contributed by atoms with Crippen molar-refractivity contribution in [2.24, 2.45) is 5.92 Å². The number of pyridine rings is 1.